The normalized spacial score (nSPS) is 10.3. The summed E-state index contributed by atoms with van der Waals surface area (Å²) in [7, 11) is 1.52. The predicted molar refractivity (Wildman–Crippen MR) is 95.9 cm³/mol. The van der Waals surface area contributed by atoms with Gasteiger partial charge in [0, 0.05) is 12.2 Å². The molecule has 0 atom stereocenters. The maximum absolute atomic E-state index is 10.9. The van der Waals surface area contributed by atoms with Crippen LogP contribution in [-0.4, -0.2) is 19.6 Å². The lowest BCUT2D eigenvalue weighted by molar-refractivity contribution is -0.119. The number of hydrogen-bond acceptors (Lipinski definition) is 4. The van der Waals surface area contributed by atoms with E-state index in [9.17, 15) is 4.79 Å². The average molecular weight is 349 g/mol. The summed E-state index contributed by atoms with van der Waals surface area (Å²) >= 11 is 6.24. The number of hydrogen-bond donors (Lipinski definition) is 2. The molecule has 3 N–H and O–H groups in total. The van der Waals surface area contributed by atoms with Gasteiger partial charge < -0.3 is 20.5 Å². The lowest BCUT2D eigenvalue weighted by Crippen LogP contribution is -2.20. The summed E-state index contributed by atoms with van der Waals surface area (Å²) in [5.41, 5.74) is 9.53. The van der Waals surface area contributed by atoms with Crippen molar-refractivity contribution in [2.45, 2.75) is 20.4 Å². The van der Waals surface area contributed by atoms with Gasteiger partial charge in [-0.2, -0.15) is 0 Å². The first-order valence-corrected chi connectivity index (χ1v) is 7.87. The summed E-state index contributed by atoms with van der Waals surface area (Å²) in [5, 5.41) is 3.72. The van der Waals surface area contributed by atoms with Crippen LogP contribution in [0.5, 0.6) is 11.5 Å². The van der Waals surface area contributed by atoms with E-state index in [4.69, 9.17) is 26.8 Å². The second kappa shape index (κ2) is 7.93. The minimum absolute atomic E-state index is 0.254. The maximum Gasteiger partial charge on any atom is 0.255 e. The lowest BCUT2D eigenvalue weighted by atomic mass is 10.1. The molecule has 0 saturated carbocycles. The van der Waals surface area contributed by atoms with E-state index in [1.165, 1.54) is 18.2 Å². The number of ether oxygens (including phenoxy) is 2. The van der Waals surface area contributed by atoms with Gasteiger partial charge in [-0.1, -0.05) is 17.7 Å². The number of benzene rings is 2. The Morgan fingerprint density at radius 1 is 1.21 bits per heavy atom. The number of halogens is 1. The molecule has 0 fully saturated rings. The van der Waals surface area contributed by atoms with Crippen LogP contribution in [0.25, 0.3) is 0 Å². The van der Waals surface area contributed by atoms with Crippen LogP contribution in [0.2, 0.25) is 5.02 Å². The highest BCUT2D eigenvalue weighted by Gasteiger charge is 2.13. The second-order valence-electron chi connectivity index (χ2n) is 5.52. The number of methoxy groups -OCH3 is 1. The molecule has 0 bridgehead atoms. The van der Waals surface area contributed by atoms with Crippen LogP contribution in [0.3, 0.4) is 0 Å². The van der Waals surface area contributed by atoms with E-state index in [-0.39, 0.29) is 6.61 Å². The standard InChI is InChI=1S/C18H21ClN2O3/c1-11-4-5-14(6-12(11)2)21-9-13-7-15(19)18(16(8-13)23-3)24-10-17(20)22/h4-8,21H,9-10H2,1-3H3,(H2,20,22). The van der Waals surface area contributed by atoms with E-state index in [0.717, 1.165) is 11.3 Å². The zero-order chi connectivity index (χ0) is 17.7. The topological polar surface area (TPSA) is 73.6 Å². The summed E-state index contributed by atoms with van der Waals surface area (Å²) in [6.07, 6.45) is 0. The quantitative estimate of drug-likeness (QED) is 0.803. The largest absolute Gasteiger partial charge is 0.493 e. The summed E-state index contributed by atoms with van der Waals surface area (Å²) < 4.78 is 10.6. The molecule has 2 aromatic carbocycles. The van der Waals surface area contributed by atoms with E-state index in [2.05, 4.69) is 31.3 Å². The fraction of sp³-hybridized carbons (Fsp3) is 0.278. The number of rotatable bonds is 7. The van der Waals surface area contributed by atoms with Crippen LogP contribution >= 0.6 is 11.6 Å². The highest BCUT2D eigenvalue weighted by Crippen LogP contribution is 2.36. The molecule has 0 radical (unpaired) electrons. The minimum atomic E-state index is -0.575. The van der Waals surface area contributed by atoms with Crippen molar-refractivity contribution in [3.8, 4) is 11.5 Å². The van der Waals surface area contributed by atoms with Crippen LogP contribution in [0, 0.1) is 13.8 Å². The summed E-state index contributed by atoms with van der Waals surface area (Å²) in [5.74, 6) is 0.196. The molecule has 0 aliphatic carbocycles. The molecule has 128 valence electrons. The SMILES string of the molecule is COc1cc(CNc2ccc(C)c(C)c2)cc(Cl)c1OCC(N)=O. The van der Waals surface area contributed by atoms with Gasteiger partial charge in [-0.05, 0) is 54.8 Å². The van der Waals surface area contributed by atoms with Crippen molar-refractivity contribution in [3.63, 3.8) is 0 Å². The highest BCUT2D eigenvalue weighted by atomic mass is 35.5. The number of carbonyl (C=O) groups is 1. The molecule has 0 aromatic heterocycles. The fourth-order valence-electron chi connectivity index (χ4n) is 2.21. The molecular formula is C18H21ClN2O3. The van der Waals surface area contributed by atoms with Gasteiger partial charge in [0.25, 0.3) is 5.91 Å². The first-order valence-electron chi connectivity index (χ1n) is 7.49. The molecule has 0 unspecified atom stereocenters. The van der Waals surface area contributed by atoms with Crippen molar-refractivity contribution in [2.24, 2.45) is 5.73 Å². The van der Waals surface area contributed by atoms with Crippen molar-refractivity contribution in [2.75, 3.05) is 19.0 Å². The molecule has 0 aliphatic rings. The summed E-state index contributed by atoms with van der Waals surface area (Å²) in [4.78, 5) is 10.9. The third-order valence-corrected chi connectivity index (χ3v) is 3.93. The van der Waals surface area contributed by atoms with Crippen molar-refractivity contribution >= 4 is 23.2 Å². The van der Waals surface area contributed by atoms with Gasteiger partial charge in [0.05, 0.1) is 12.1 Å². The van der Waals surface area contributed by atoms with Gasteiger partial charge in [0.15, 0.2) is 18.1 Å². The predicted octanol–water partition coefficient (Wildman–Crippen LogP) is 3.44. The molecule has 0 heterocycles. The van der Waals surface area contributed by atoms with Gasteiger partial charge in [0.2, 0.25) is 0 Å². The van der Waals surface area contributed by atoms with Gasteiger partial charge in [-0.3, -0.25) is 4.79 Å². The first kappa shape index (κ1) is 17.9. The fourth-order valence-corrected chi connectivity index (χ4v) is 2.50. The number of primary amides is 1. The van der Waals surface area contributed by atoms with Gasteiger partial charge >= 0.3 is 0 Å². The maximum atomic E-state index is 10.9. The number of nitrogens with two attached hydrogens (primary N) is 1. The molecule has 2 rings (SSSR count). The Balaban J connectivity index is 2.14. The van der Waals surface area contributed by atoms with E-state index >= 15 is 0 Å². The number of carbonyl (C=O) groups excluding carboxylic acids is 1. The Hall–Kier alpha value is -2.40. The van der Waals surface area contributed by atoms with Crippen molar-refractivity contribution in [1.29, 1.82) is 0 Å². The Labute approximate surface area is 146 Å². The second-order valence-corrected chi connectivity index (χ2v) is 5.92. The zero-order valence-electron chi connectivity index (χ0n) is 14.0. The van der Waals surface area contributed by atoms with E-state index in [0.29, 0.717) is 23.1 Å². The molecule has 1 amide bonds. The monoisotopic (exact) mass is 348 g/mol. The molecule has 0 spiro atoms. The number of anilines is 1. The van der Waals surface area contributed by atoms with Gasteiger partial charge in [0.1, 0.15) is 0 Å². The van der Waals surface area contributed by atoms with Crippen LogP contribution in [0.4, 0.5) is 5.69 Å². The Morgan fingerprint density at radius 2 is 1.96 bits per heavy atom. The average Bonchev–Trinajstić information content (AvgIpc) is 2.54. The Kier molecular flexibility index (Phi) is 5.93. The first-order chi connectivity index (χ1) is 11.4. The van der Waals surface area contributed by atoms with Crippen LogP contribution in [-0.2, 0) is 11.3 Å². The Bertz CT molecular complexity index is 747. The number of amides is 1. The highest BCUT2D eigenvalue weighted by molar-refractivity contribution is 6.32. The van der Waals surface area contributed by atoms with Crippen LogP contribution in [0.1, 0.15) is 16.7 Å². The van der Waals surface area contributed by atoms with Crippen LogP contribution in [0.15, 0.2) is 30.3 Å². The summed E-state index contributed by atoms with van der Waals surface area (Å²) in [6, 6.07) is 9.79. The third-order valence-electron chi connectivity index (χ3n) is 3.65. The van der Waals surface area contributed by atoms with Crippen molar-refractivity contribution < 1.29 is 14.3 Å². The van der Waals surface area contributed by atoms with E-state index in [1.807, 2.05) is 12.1 Å². The number of nitrogens with one attached hydrogen (secondary N) is 1. The zero-order valence-corrected chi connectivity index (χ0v) is 14.7. The van der Waals surface area contributed by atoms with Gasteiger partial charge in [-0.25, -0.2) is 0 Å². The molecule has 0 aliphatic heterocycles. The number of aryl methyl sites for hydroxylation is 2. The molecule has 6 heteroatoms. The van der Waals surface area contributed by atoms with E-state index < -0.39 is 5.91 Å². The Morgan fingerprint density at radius 3 is 2.58 bits per heavy atom. The minimum Gasteiger partial charge on any atom is -0.493 e. The van der Waals surface area contributed by atoms with Crippen molar-refractivity contribution in [1.82, 2.24) is 0 Å². The lowest BCUT2D eigenvalue weighted by Gasteiger charge is -2.14. The molecule has 5 nitrogen and oxygen atoms in total. The smallest absolute Gasteiger partial charge is 0.255 e. The molecular weight excluding hydrogens is 328 g/mol. The van der Waals surface area contributed by atoms with E-state index in [1.54, 1.807) is 6.07 Å². The third kappa shape index (κ3) is 4.55. The molecule has 24 heavy (non-hydrogen) atoms. The van der Waals surface area contributed by atoms with Crippen LogP contribution < -0.4 is 20.5 Å². The molecule has 2 aromatic rings. The summed E-state index contributed by atoms with van der Waals surface area (Å²) in [6.45, 7) is 4.48. The molecule has 0 saturated heterocycles. The van der Waals surface area contributed by atoms with Crippen molar-refractivity contribution in [3.05, 3.63) is 52.0 Å². The van der Waals surface area contributed by atoms with Gasteiger partial charge in [-0.15, -0.1) is 0 Å².